The van der Waals surface area contributed by atoms with E-state index in [4.69, 9.17) is 0 Å². The van der Waals surface area contributed by atoms with Crippen molar-refractivity contribution in [2.45, 2.75) is 51.9 Å². The van der Waals surface area contributed by atoms with E-state index in [1.165, 1.54) is 24.0 Å². The van der Waals surface area contributed by atoms with E-state index in [1.54, 1.807) is 4.90 Å². The molecule has 26 heavy (non-hydrogen) atoms. The molecular weight excluding hydrogens is 330 g/mol. The minimum absolute atomic E-state index is 0.00781. The normalized spacial score (nSPS) is 22.6. The Hall–Kier alpha value is -2.17. The molecule has 0 radical (unpaired) electrons. The zero-order valence-corrected chi connectivity index (χ0v) is 15.4. The molecule has 5 heteroatoms. The van der Waals surface area contributed by atoms with Crippen LogP contribution in [0.1, 0.15) is 60.5 Å². The SMILES string of the molecule is CC1CC(C(=O)O)CN(C(=O)CCC(=O)c2ccc3c(c2)CCCC3)C1. The fraction of sp³-hybridized carbons (Fsp3) is 0.571. The Labute approximate surface area is 154 Å². The number of piperidine rings is 1. The van der Waals surface area contributed by atoms with Gasteiger partial charge in [-0.05, 0) is 55.2 Å². The van der Waals surface area contributed by atoms with E-state index in [1.807, 2.05) is 25.1 Å². The minimum Gasteiger partial charge on any atom is -0.481 e. The number of fused-ring (bicyclic) bond motifs is 1. The summed E-state index contributed by atoms with van der Waals surface area (Å²) in [5.41, 5.74) is 3.29. The van der Waals surface area contributed by atoms with E-state index in [0.717, 1.165) is 12.8 Å². The van der Waals surface area contributed by atoms with Crippen molar-refractivity contribution in [2.75, 3.05) is 13.1 Å². The lowest BCUT2D eigenvalue weighted by Crippen LogP contribution is -2.45. The van der Waals surface area contributed by atoms with Gasteiger partial charge in [0.15, 0.2) is 5.78 Å². The molecule has 140 valence electrons. The molecule has 2 unspecified atom stereocenters. The van der Waals surface area contributed by atoms with Gasteiger partial charge in [-0.2, -0.15) is 0 Å². The van der Waals surface area contributed by atoms with Crippen LogP contribution in [-0.2, 0) is 22.4 Å². The molecule has 1 heterocycles. The Morgan fingerprint density at radius 1 is 1.08 bits per heavy atom. The first-order chi connectivity index (χ1) is 12.4. The number of Topliss-reactive ketones (excluding diaryl/α,β-unsaturated/α-hetero) is 1. The first-order valence-electron chi connectivity index (χ1n) is 9.59. The van der Waals surface area contributed by atoms with Crippen molar-refractivity contribution in [3.8, 4) is 0 Å². The lowest BCUT2D eigenvalue weighted by atomic mass is 9.89. The van der Waals surface area contributed by atoms with Crippen LogP contribution in [0.25, 0.3) is 0 Å². The van der Waals surface area contributed by atoms with E-state index < -0.39 is 11.9 Å². The second-order valence-corrected chi connectivity index (χ2v) is 7.79. The number of hydrogen-bond acceptors (Lipinski definition) is 3. The van der Waals surface area contributed by atoms with Crippen molar-refractivity contribution in [1.82, 2.24) is 4.90 Å². The smallest absolute Gasteiger partial charge is 0.308 e. The van der Waals surface area contributed by atoms with Gasteiger partial charge in [-0.15, -0.1) is 0 Å². The van der Waals surface area contributed by atoms with Crippen molar-refractivity contribution in [2.24, 2.45) is 11.8 Å². The van der Waals surface area contributed by atoms with Gasteiger partial charge >= 0.3 is 5.97 Å². The van der Waals surface area contributed by atoms with Crippen LogP contribution in [0.2, 0.25) is 0 Å². The molecule has 1 aliphatic heterocycles. The molecule has 2 aliphatic rings. The Kier molecular flexibility index (Phi) is 5.74. The van der Waals surface area contributed by atoms with Crippen molar-refractivity contribution in [1.29, 1.82) is 0 Å². The monoisotopic (exact) mass is 357 g/mol. The van der Waals surface area contributed by atoms with Gasteiger partial charge in [0.25, 0.3) is 0 Å². The van der Waals surface area contributed by atoms with Gasteiger partial charge < -0.3 is 10.0 Å². The summed E-state index contributed by atoms with van der Waals surface area (Å²) in [5, 5.41) is 9.23. The standard InChI is InChI=1S/C21H27NO4/c1-14-10-18(21(25)26)13-22(12-14)20(24)9-8-19(23)17-7-6-15-4-2-3-5-16(15)11-17/h6-7,11,14,18H,2-5,8-10,12-13H2,1H3,(H,25,26). The second-order valence-electron chi connectivity index (χ2n) is 7.79. The highest BCUT2D eigenvalue weighted by molar-refractivity contribution is 5.98. The van der Waals surface area contributed by atoms with Crippen LogP contribution in [0.3, 0.4) is 0 Å². The molecule has 1 aliphatic carbocycles. The quantitative estimate of drug-likeness (QED) is 0.822. The number of carboxylic acids is 1. The Bertz CT molecular complexity index is 712. The van der Waals surface area contributed by atoms with Gasteiger partial charge in [0.05, 0.1) is 5.92 Å². The van der Waals surface area contributed by atoms with Crippen molar-refractivity contribution < 1.29 is 19.5 Å². The number of benzene rings is 1. The number of carbonyl (C=O) groups excluding carboxylic acids is 2. The lowest BCUT2D eigenvalue weighted by molar-refractivity contribution is -0.146. The van der Waals surface area contributed by atoms with E-state index in [9.17, 15) is 19.5 Å². The van der Waals surface area contributed by atoms with Gasteiger partial charge in [0.1, 0.15) is 0 Å². The number of aliphatic carboxylic acids is 1. The molecule has 1 aromatic carbocycles. The summed E-state index contributed by atoms with van der Waals surface area (Å²) < 4.78 is 0. The number of amides is 1. The number of carboxylic acid groups (broad SMARTS) is 1. The topological polar surface area (TPSA) is 74.7 Å². The maximum Gasteiger partial charge on any atom is 0.308 e. The average molecular weight is 357 g/mol. The third-order valence-electron chi connectivity index (χ3n) is 5.60. The molecule has 0 aromatic heterocycles. The predicted octanol–water partition coefficient (Wildman–Crippen LogP) is 3.10. The molecule has 5 nitrogen and oxygen atoms in total. The maximum atomic E-state index is 12.5. The Morgan fingerprint density at radius 2 is 1.81 bits per heavy atom. The summed E-state index contributed by atoms with van der Waals surface area (Å²) in [4.78, 5) is 37.8. The summed E-state index contributed by atoms with van der Waals surface area (Å²) in [6.45, 7) is 2.80. The minimum atomic E-state index is -0.848. The molecular formula is C21H27NO4. The third kappa shape index (κ3) is 4.32. The van der Waals surface area contributed by atoms with Crippen molar-refractivity contribution in [3.63, 3.8) is 0 Å². The molecule has 1 saturated heterocycles. The molecule has 1 fully saturated rings. The fourth-order valence-corrected chi connectivity index (χ4v) is 4.16. The molecule has 0 spiro atoms. The van der Waals surface area contributed by atoms with Gasteiger partial charge in [0, 0.05) is 31.5 Å². The Morgan fingerprint density at radius 3 is 2.54 bits per heavy atom. The van der Waals surface area contributed by atoms with Gasteiger partial charge in [0.2, 0.25) is 5.91 Å². The number of ketones is 1. The first-order valence-corrected chi connectivity index (χ1v) is 9.59. The molecule has 0 bridgehead atoms. The zero-order valence-electron chi connectivity index (χ0n) is 15.4. The van der Waals surface area contributed by atoms with Crippen LogP contribution in [0.4, 0.5) is 0 Å². The summed E-state index contributed by atoms with van der Waals surface area (Å²) in [7, 11) is 0. The fourth-order valence-electron chi connectivity index (χ4n) is 4.16. The van der Waals surface area contributed by atoms with Gasteiger partial charge in [-0.3, -0.25) is 14.4 Å². The number of aryl methyl sites for hydroxylation is 2. The highest BCUT2D eigenvalue weighted by atomic mass is 16.4. The summed E-state index contributed by atoms with van der Waals surface area (Å²) in [6, 6.07) is 5.92. The van der Waals surface area contributed by atoms with E-state index in [-0.39, 0.29) is 37.0 Å². The van der Waals surface area contributed by atoms with Gasteiger partial charge in [-0.25, -0.2) is 0 Å². The highest BCUT2D eigenvalue weighted by Crippen LogP contribution is 2.24. The predicted molar refractivity (Wildman–Crippen MR) is 98.1 cm³/mol. The molecule has 1 aromatic rings. The average Bonchev–Trinajstić information content (AvgIpc) is 2.64. The van der Waals surface area contributed by atoms with Crippen LogP contribution in [0.5, 0.6) is 0 Å². The molecule has 1 N–H and O–H groups in total. The number of rotatable bonds is 5. The maximum absolute atomic E-state index is 12.5. The summed E-state index contributed by atoms with van der Waals surface area (Å²) >= 11 is 0. The van der Waals surface area contributed by atoms with E-state index in [2.05, 4.69) is 0 Å². The van der Waals surface area contributed by atoms with Crippen LogP contribution in [0.15, 0.2) is 18.2 Å². The molecule has 1 amide bonds. The van der Waals surface area contributed by atoms with Gasteiger partial charge in [-0.1, -0.05) is 19.1 Å². The van der Waals surface area contributed by atoms with E-state index in [0.29, 0.717) is 18.5 Å². The number of likely N-dealkylation sites (tertiary alicyclic amines) is 1. The van der Waals surface area contributed by atoms with Crippen molar-refractivity contribution >= 4 is 17.7 Å². The third-order valence-corrected chi connectivity index (χ3v) is 5.60. The molecule has 0 saturated carbocycles. The number of nitrogens with zero attached hydrogens (tertiary/aromatic N) is 1. The molecule has 2 atom stereocenters. The second kappa shape index (κ2) is 8.02. The summed E-state index contributed by atoms with van der Waals surface area (Å²) in [6.07, 6.45) is 5.42. The Balaban J connectivity index is 1.57. The zero-order chi connectivity index (χ0) is 18.7. The van der Waals surface area contributed by atoms with Crippen LogP contribution >= 0.6 is 0 Å². The van der Waals surface area contributed by atoms with Crippen LogP contribution in [0, 0.1) is 11.8 Å². The lowest BCUT2D eigenvalue weighted by Gasteiger charge is -2.34. The van der Waals surface area contributed by atoms with Crippen LogP contribution in [-0.4, -0.2) is 40.8 Å². The van der Waals surface area contributed by atoms with Crippen molar-refractivity contribution in [3.05, 3.63) is 34.9 Å². The highest BCUT2D eigenvalue weighted by Gasteiger charge is 2.31. The molecule has 3 rings (SSSR count). The van der Waals surface area contributed by atoms with E-state index >= 15 is 0 Å². The number of carbonyl (C=O) groups is 3. The largest absolute Gasteiger partial charge is 0.481 e. The first kappa shape index (κ1) is 18.6. The van der Waals surface area contributed by atoms with Crippen LogP contribution < -0.4 is 0 Å². The summed E-state index contributed by atoms with van der Waals surface area (Å²) in [5.74, 6) is -1.30. The number of hydrogen-bond donors (Lipinski definition) is 1.